The summed E-state index contributed by atoms with van der Waals surface area (Å²) in [5.41, 5.74) is 0.198. The molecule has 1 saturated carbocycles. The fourth-order valence-electron chi connectivity index (χ4n) is 3.32. The Morgan fingerprint density at radius 1 is 1.19 bits per heavy atom. The normalized spacial score (nSPS) is 22.4. The molecule has 5 nitrogen and oxygen atoms in total. The Morgan fingerprint density at radius 2 is 1.86 bits per heavy atom. The molecule has 0 bridgehead atoms. The summed E-state index contributed by atoms with van der Waals surface area (Å²) in [6.07, 6.45) is 9.23. The molecule has 118 valence electrons. The van der Waals surface area contributed by atoms with E-state index in [4.69, 9.17) is 0 Å². The summed E-state index contributed by atoms with van der Waals surface area (Å²) in [7, 11) is 3.21. The van der Waals surface area contributed by atoms with Gasteiger partial charge in [0.1, 0.15) is 0 Å². The molecule has 0 spiro atoms. The number of hydrogen-bond donors (Lipinski definition) is 1. The summed E-state index contributed by atoms with van der Waals surface area (Å²) in [6.45, 7) is 2.80. The van der Waals surface area contributed by atoms with Gasteiger partial charge in [0.25, 0.3) is 5.56 Å². The van der Waals surface area contributed by atoms with Crippen molar-refractivity contribution in [3.8, 4) is 0 Å². The maximum Gasteiger partial charge on any atom is 0.330 e. The van der Waals surface area contributed by atoms with Gasteiger partial charge in [-0.3, -0.25) is 9.36 Å². The minimum absolute atomic E-state index is 0.190. The highest BCUT2D eigenvalue weighted by atomic mass is 16.2. The second kappa shape index (κ2) is 7.07. The highest BCUT2D eigenvalue weighted by molar-refractivity contribution is 5.05. The lowest BCUT2D eigenvalue weighted by Crippen LogP contribution is -2.41. The minimum Gasteiger partial charge on any atom is -0.310 e. The Balaban J connectivity index is 1.93. The van der Waals surface area contributed by atoms with E-state index in [9.17, 15) is 9.59 Å². The van der Waals surface area contributed by atoms with E-state index in [0.717, 1.165) is 5.92 Å². The summed E-state index contributed by atoms with van der Waals surface area (Å²) >= 11 is 0. The summed E-state index contributed by atoms with van der Waals surface area (Å²) in [4.78, 5) is 23.7. The molecule has 1 heterocycles. The van der Waals surface area contributed by atoms with Crippen molar-refractivity contribution in [3.63, 3.8) is 0 Å². The van der Waals surface area contributed by atoms with Crippen LogP contribution in [0.2, 0.25) is 0 Å². The van der Waals surface area contributed by atoms with Crippen LogP contribution >= 0.6 is 0 Å². The van der Waals surface area contributed by atoms with Crippen LogP contribution in [0.4, 0.5) is 0 Å². The van der Waals surface area contributed by atoms with Gasteiger partial charge in [0.2, 0.25) is 0 Å². The minimum atomic E-state index is -0.274. The largest absolute Gasteiger partial charge is 0.330 e. The smallest absolute Gasteiger partial charge is 0.310 e. The van der Waals surface area contributed by atoms with Gasteiger partial charge >= 0.3 is 5.69 Å². The van der Waals surface area contributed by atoms with Crippen molar-refractivity contribution in [1.29, 1.82) is 0 Å². The molecule has 1 aliphatic rings. The van der Waals surface area contributed by atoms with Crippen molar-refractivity contribution < 1.29 is 0 Å². The average Bonchev–Trinajstić information content (AvgIpc) is 2.49. The highest BCUT2D eigenvalue weighted by Gasteiger charge is 2.20. The number of rotatable bonds is 5. The van der Waals surface area contributed by atoms with Crippen molar-refractivity contribution in [3.05, 3.63) is 32.6 Å². The van der Waals surface area contributed by atoms with Crippen molar-refractivity contribution in [1.82, 2.24) is 14.5 Å². The predicted molar refractivity (Wildman–Crippen MR) is 84.4 cm³/mol. The van der Waals surface area contributed by atoms with E-state index in [-0.39, 0.29) is 11.2 Å². The Labute approximate surface area is 126 Å². The van der Waals surface area contributed by atoms with E-state index in [1.807, 2.05) is 0 Å². The average molecular weight is 293 g/mol. The van der Waals surface area contributed by atoms with Gasteiger partial charge in [-0.15, -0.1) is 0 Å². The quantitative estimate of drug-likeness (QED) is 0.896. The number of nitrogens with one attached hydrogen (secondary N) is 1. The Kier molecular flexibility index (Phi) is 5.39. The van der Waals surface area contributed by atoms with Gasteiger partial charge in [0, 0.05) is 38.4 Å². The van der Waals surface area contributed by atoms with Gasteiger partial charge in [-0.25, -0.2) is 4.79 Å². The van der Waals surface area contributed by atoms with E-state index < -0.39 is 0 Å². The van der Waals surface area contributed by atoms with Crippen LogP contribution in [-0.2, 0) is 20.6 Å². The molecule has 0 atom stereocenters. The van der Waals surface area contributed by atoms with Crippen LogP contribution in [0.25, 0.3) is 0 Å². The Bertz CT molecular complexity index is 580. The molecule has 1 aromatic rings. The molecule has 1 N–H and O–H groups in total. The molecule has 1 aromatic heterocycles. The molecular weight excluding hydrogens is 266 g/mol. The summed E-state index contributed by atoms with van der Waals surface area (Å²) in [5.74, 6) is 0.887. The second-order valence-corrected chi connectivity index (χ2v) is 6.30. The molecule has 5 heteroatoms. The fraction of sp³-hybridized carbons (Fsp3) is 0.750. The molecule has 21 heavy (non-hydrogen) atoms. The van der Waals surface area contributed by atoms with Gasteiger partial charge < -0.3 is 9.88 Å². The maximum atomic E-state index is 12.1. The van der Waals surface area contributed by atoms with Crippen LogP contribution in [0.5, 0.6) is 0 Å². The van der Waals surface area contributed by atoms with Gasteiger partial charge in [-0.1, -0.05) is 19.8 Å². The zero-order valence-electron chi connectivity index (χ0n) is 13.4. The fourth-order valence-corrected chi connectivity index (χ4v) is 3.32. The van der Waals surface area contributed by atoms with Gasteiger partial charge in [0.15, 0.2) is 0 Å². The van der Waals surface area contributed by atoms with Gasteiger partial charge in [-0.2, -0.15) is 0 Å². The van der Waals surface area contributed by atoms with Crippen molar-refractivity contribution in [2.45, 2.75) is 58.0 Å². The molecule has 0 saturated heterocycles. The second-order valence-electron chi connectivity index (χ2n) is 6.30. The van der Waals surface area contributed by atoms with E-state index in [1.54, 1.807) is 13.2 Å². The standard InChI is InChI=1S/C16H27N3O2/c1-4-5-12-6-8-14(9-7-12)17-10-13-11-18(2)16(21)19(3)15(13)20/h11-12,14,17H,4-10H2,1-3H3. The lowest BCUT2D eigenvalue weighted by molar-refractivity contribution is 0.277. The van der Waals surface area contributed by atoms with Crippen LogP contribution in [0, 0.1) is 5.92 Å². The van der Waals surface area contributed by atoms with Crippen LogP contribution < -0.4 is 16.6 Å². The molecule has 1 fully saturated rings. The number of hydrogen-bond acceptors (Lipinski definition) is 3. The lowest BCUT2D eigenvalue weighted by Gasteiger charge is -2.29. The summed E-state index contributed by atoms with van der Waals surface area (Å²) in [6, 6.07) is 0.500. The van der Waals surface area contributed by atoms with E-state index >= 15 is 0 Å². The van der Waals surface area contributed by atoms with E-state index in [0.29, 0.717) is 18.2 Å². The molecule has 2 rings (SSSR count). The number of aryl methyl sites for hydroxylation is 1. The van der Waals surface area contributed by atoms with Gasteiger partial charge in [0.05, 0.1) is 0 Å². The monoisotopic (exact) mass is 293 g/mol. The SMILES string of the molecule is CCCC1CCC(NCc2cn(C)c(=O)n(C)c2=O)CC1. The molecule has 0 amide bonds. The molecule has 0 radical (unpaired) electrons. The van der Waals surface area contributed by atoms with E-state index in [2.05, 4.69) is 12.2 Å². The summed E-state index contributed by atoms with van der Waals surface area (Å²) in [5, 5.41) is 3.49. The predicted octanol–water partition coefficient (Wildman–Crippen LogP) is 1.53. The van der Waals surface area contributed by atoms with E-state index in [1.165, 1.54) is 54.7 Å². The highest BCUT2D eigenvalue weighted by Crippen LogP contribution is 2.27. The Morgan fingerprint density at radius 3 is 2.48 bits per heavy atom. The topological polar surface area (TPSA) is 56.0 Å². The van der Waals surface area contributed by atoms with Crippen LogP contribution in [0.15, 0.2) is 15.8 Å². The summed E-state index contributed by atoms with van der Waals surface area (Å²) < 4.78 is 2.64. The zero-order valence-corrected chi connectivity index (χ0v) is 13.4. The molecule has 0 aromatic carbocycles. The van der Waals surface area contributed by atoms with Crippen LogP contribution in [0.3, 0.4) is 0 Å². The first-order valence-electron chi connectivity index (χ1n) is 8.01. The third-order valence-corrected chi connectivity index (χ3v) is 4.64. The zero-order chi connectivity index (χ0) is 15.4. The number of aromatic nitrogens is 2. The maximum absolute atomic E-state index is 12.1. The lowest BCUT2D eigenvalue weighted by atomic mass is 9.83. The first kappa shape index (κ1) is 16.0. The molecule has 1 aliphatic carbocycles. The molecule has 0 unspecified atom stereocenters. The first-order chi connectivity index (χ1) is 10.0. The molecular formula is C16H27N3O2. The third kappa shape index (κ3) is 3.84. The van der Waals surface area contributed by atoms with Crippen LogP contribution in [-0.4, -0.2) is 15.2 Å². The van der Waals surface area contributed by atoms with Crippen LogP contribution in [0.1, 0.15) is 51.0 Å². The Hall–Kier alpha value is -1.36. The van der Waals surface area contributed by atoms with Crippen molar-refractivity contribution in [2.75, 3.05) is 0 Å². The van der Waals surface area contributed by atoms with Crippen molar-refractivity contribution in [2.24, 2.45) is 20.0 Å². The first-order valence-corrected chi connectivity index (χ1v) is 8.01. The third-order valence-electron chi connectivity index (χ3n) is 4.64. The van der Waals surface area contributed by atoms with Crippen molar-refractivity contribution >= 4 is 0 Å². The van der Waals surface area contributed by atoms with Gasteiger partial charge in [-0.05, 0) is 31.6 Å². The number of nitrogens with zero attached hydrogens (tertiary/aromatic N) is 2. The molecule has 0 aliphatic heterocycles.